The molecule has 1 aromatic rings. The molecule has 0 aromatic heterocycles. The highest BCUT2D eigenvalue weighted by Crippen LogP contribution is 2.59. The summed E-state index contributed by atoms with van der Waals surface area (Å²) >= 11 is 0. The molecule has 1 spiro atoms. The van der Waals surface area contributed by atoms with Gasteiger partial charge in [-0.15, -0.1) is 0 Å². The quantitative estimate of drug-likeness (QED) is 0.602. The molecular formula is C30H39N3O5. The molecule has 4 aliphatic heterocycles. The number of hydrogen-bond acceptors (Lipinski definition) is 5. The van der Waals surface area contributed by atoms with Gasteiger partial charge in [-0.1, -0.05) is 57.2 Å². The van der Waals surface area contributed by atoms with Crippen LogP contribution in [-0.2, 0) is 19.1 Å². The zero-order chi connectivity index (χ0) is 27.6. The maximum atomic E-state index is 14.7. The highest BCUT2D eigenvalue weighted by Gasteiger charge is 2.76. The van der Waals surface area contributed by atoms with Crippen LogP contribution in [0.2, 0.25) is 0 Å². The van der Waals surface area contributed by atoms with Gasteiger partial charge in [0.15, 0.2) is 0 Å². The van der Waals surface area contributed by atoms with Crippen LogP contribution in [0.4, 0.5) is 5.69 Å². The van der Waals surface area contributed by atoms with Crippen LogP contribution in [0.15, 0.2) is 42.5 Å². The van der Waals surface area contributed by atoms with E-state index >= 15 is 0 Å². The molecule has 0 saturated carbocycles. The summed E-state index contributed by atoms with van der Waals surface area (Å²) in [7, 11) is 1.74. The minimum atomic E-state index is -1.33. The number of aliphatic hydroxyl groups is 1. The van der Waals surface area contributed by atoms with Crippen LogP contribution in [0.25, 0.3) is 0 Å². The van der Waals surface area contributed by atoms with Crippen molar-refractivity contribution < 1.29 is 24.2 Å². The second-order valence-corrected chi connectivity index (χ2v) is 11.6. The fraction of sp³-hybridized carbons (Fsp3) is 0.567. The van der Waals surface area contributed by atoms with Crippen LogP contribution in [0.3, 0.4) is 0 Å². The fourth-order valence-electron chi connectivity index (χ4n) is 7.03. The Kier molecular flexibility index (Phi) is 6.55. The maximum absolute atomic E-state index is 14.7. The monoisotopic (exact) mass is 521 g/mol. The number of amides is 3. The summed E-state index contributed by atoms with van der Waals surface area (Å²) in [6.45, 7) is 10.2. The van der Waals surface area contributed by atoms with E-state index in [0.29, 0.717) is 19.5 Å². The van der Waals surface area contributed by atoms with E-state index in [1.54, 1.807) is 21.7 Å². The van der Waals surface area contributed by atoms with Crippen LogP contribution < -0.4 is 4.90 Å². The third-order valence-corrected chi connectivity index (χ3v) is 9.05. The highest BCUT2D eigenvalue weighted by atomic mass is 16.5. The zero-order valence-corrected chi connectivity index (χ0v) is 23.2. The molecule has 5 rings (SSSR count). The molecule has 2 fully saturated rings. The summed E-state index contributed by atoms with van der Waals surface area (Å²) in [6, 6.07) is 4.37. The first kappa shape index (κ1) is 26.6. The van der Waals surface area contributed by atoms with Crippen molar-refractivity contribution in [2.45, 2.75) is 64.3 Å². The molecule has 8 heteroatoms. The largest absolute Gasteiger partial charge is 0.394 e. The molecule has 4 aliphatic rings. The number of benzene rings is 1. The molecule has 6 atom stereocenters. The van der Waals surface area contributed by atoms with Gasteiger partial charge in [-0.25, -0.2) is 0 Å². The maximum Gasteiger partial charge on any atom is 0.253 e. The molecule has 2 saturated heterocycles. The Morgan fingerprint density at radius 1 is 1.03 bits per heavy atom. The van der Waals surface area contributed by atoms with Crippen molar-refractivity contribution >= 4 is 23.4 Å². The molecule has 1 N–H and O–H groups in total. The summed E-state index contributed by atoms with van der Waals surface area (Å²) in [5, 5.41) is 10.5. The van der Waals surface area contributed by atoms with E-state index < -0.39 is 35.1 Å². The van der Waals surface area contributed by atoms with E-state index in [1.165, 1.54) is 0 Å². The van der Waals surface area contributed by atoms with E-state index in [4.69, 9.17) is 4.74 Å². The Labute approximate surface area is 224 Å². The second-order valence-electron chi connectivity index (χ2n) is 11.6. The Hall–Kier alpha value is -2.97. The third kappa shape index (κ3) is 3.60. The number of aliphatic hydroxyl groups excluding tert-OH is 1. The lowest BCUT2D eigenvalue weighted by atomic mass is 9.73. The molecular weight excluding hydrogens is 482 g/mol. The van der Waals surface area contributed by atoms with Crippen LogP contribution >= 0.6 is 0 Å². The molecule has 0 radical (unpaired) electrons. The van der Waals surface area contributed by atoms with Crippen LogP contribution in [0, 0.1) is 31.6 Å². The number of aryl methyl sites for hydroxylation is 2. The topological polar surface area (TPSA) is 90.4 Å². The van der Waals surface area contributed by atoms with Gasteiger partial charge in [-0.2, -0.15) is 0 Å². The standard InChI is InChI=1S/C30H39N3O5/c1-7-29-12-8-14-31(6)26(35)23(29)24-27(36)33(22(17-34)18(2)3)25-28(37)32(15-9-13-30(24,25)38-29)21-16-19(4)10-11-20(21)5/h8-13,16,18,22-25,34H,7,14-15,17H2,1-6H3/t22-,23-,24-,25?,29+,30-/m0/s1. The number of hydrogen-bond donors (Lipinski definition) is 1. The summed E-state index contributed by atoms with van der Waals surface area (Å²) < 4.78 is 6.97. The Bertz CT molecular complexity index is 1220. The van der Waals surface area contributed by atoms with Crippen LogP contribution in [0.5, 0.6) is 0 Å². The first-order valence-electron chi connectivity index (χ1n) is 13.6. The molecule has 204 valence electrons. The molecule has 1 aromatic carbocycles. The van der Waals surface area contributed by atoms with Crippen molar-refractivity contribution in [2.75, 3.05) is 31.6 Å². The predicted octanol–water partition coefficient (Wildman–Crippen LogP) is 2.61. The van der Waals surface area contributed by atoms with Gasteiger partial charge >= 0.3 is 0 Å². The lowest BCUT2D eigenvalue weighted by Crippen LogP contribution is -2.60. The smallest absolute Gasteiger partial charge is 0.253 e. The fourth-order valence-corrected chi connectivity index (χ4v) is 7.03. The molecule has 0 aliphatic carbocycles. The number of nitrogens with zero attached hydrogens (tertiary/aromatic N) is 3. The van der Waals surface area contributed by atoms with E-state index in [2.05, 4.69) is 0 Å². The van der Waals surface area contributed by atoms with Crippen molar-refractivity contribution in [1.82, 2.24) is 9.80 Å². The molecule has 38 heavy (non-hydrogen) atoms. The Morgan fingerprint density at radius 3 is 2.39 bits per heavy atom. The van der Waals surface area contributed by atoms with Gasteiger partial charge in [-0.3, -0.25) is 14.4 Å². The summed E-state index contributed by atoms with van der Waals surface area (Å²) in [5.74, 6) is -2.48. The average Bonchev–Trinajstić information content (AvgIpc) is 3.18. The molecule has 8 nitrogen and oxygen atoms in total. The van der Waals surface area contributed by atoms with Gasteiger partial charge in [-0.05, 0) is 43.4 Å². The number of carbonyl (C=O) groups excluding carboxylic acids is 3. The minimum absolute atomic E-state index is 0.114. The van der Waals surface area contributed by atoms with Crippen molar-refractivity contribution in [1.29, 1.82) is 0 Å². The van der Waals surface area contributed by atoms with E-state index in [0.717, 1.165) is 16.8 Å². The highest BCUT2D eigenvalue weighted by molar-refractivity contribution is 6.06. The predicted molar refractivity (Wildman–Crippen MR) is 144 cm³/mol. The average molecular weight is 522 g/mol. The normalized spacial score (nSPS) is 33.4. The lowest BCUT2D eigenvalue weighted by molar-refractivity contribution is -0.153. The SMILES string of the molecule is CC[C@@]12C=CCN(C)C(=O)[C@@H]1[C@H]1C(=O)N([C@@H](CO)C(C)C)C3C(=O)N(c4cc(C)ccc4C)CC=C[C@@]31O2. The van der Waals surface area contributed by atoms with Crippen LogP contribution in [0.1, 0.15) is 38.3 Å². The molecule has 1 unspecified atom stereocenters. The van der Waals surface area contributed by atoms with Crippen molar-refractivity contribution in [3.63, 3.8) is 0 Å². The first-order valence-corrected chi connectivity index (χ1v) is 13.6. The van der Waals surface area contributed by atoms with Gasteiger partial charge in [0.05, 0.1) is 30.1 Å². The number of rotatable bonds is 5. The molecule has 3 amide bonds. The number of likely N-dealkylation sites (N-methyl/N-ethyl adjacent to an activating group) is 1. The first-order chi connectivity index (χ1) is 18.0. The van der Waals surface area contributed by atoms with Gasteiger partial charge in [0, 0.05) is 25.8 Å². The van der Waals surface area contributed by atoms with Gasteiger partial charge in [0.2, 0.25) is 11.8 Å². The molecule has 0 bridgehead atoms. The van der Waals surface area contributed by atoms with Gasteiger partial charge in [0.1, 0.15) is 11.6 Å². The van der Waals surface area contributed by atoms with Crippen molar-refractivity contribution in [3.05, 3.63) is 53.6 Å². The number of fused-ring (bicyclic) bond motifs is 2. The van der Waals surface area contributed by atoms with Crippen LogP contribution in [-0.4, -0.2) is 82.7 Å². The number of carbonyl (C=O) groups is 3. The van der Waals surface area contributed by atoms with E-state index in [1.807, 2.05) is 77.1 Å². The number of anilines is 1. The summed E-state index contributed by atoms with van der Waals surface area (Å²) in [6.07, 6.45) is 8.11. The minimum Gasteiger partial charge on any atom is -0.394 e. The lowest BCUT2D eigenvalue weighted by Gasteiger charge is -2.41. The Balaban J connectivity index is 1.73. The van der Waals surface area contributed by atoms with Gasteiger partial charge < -0.3 is 24.5 Å². The second kappa shape index (κ2) is 9.35. The zero-order valence-electron chi connectivity index (χ0n) is 23.2. The van der Waals surface area contributed by atoms with Gasteiger partial charge in [0.25, 0.3) is 5.91 Å². The van der Waals surface area contributed by atoms with Crippen molar-refractivity contribution in [2.24, 2.45) is 17.8 Å². The molecule has 4 heterocycles. The number of ether oxygens (including phenoxy) is 1. The van der Waals surface area contributed by atoms with E-state index in [9.17, 15) is 19.5 Å². The number of likely N-dealkylation sites (tertiary alicyclic amines) is 1. The third-order valence-electron chi connectivity index (χ3n) is 9.05. The summed E-state index contributed by atoms with van der Waals surface area (Å²) in [4.78, 5) is 47.9. The Morgan fingerprint density at radius 2 is 1.74 bits per heavy atom. The van der Waals surface area contributed by atoms with Crippen molar-refractivity contribution in [3.8, 4) is 0 Å². The van der Waals surface area contributed by atoms with E-state index in [-0.39, 0.29) is 30.2 Å². The summed E-state index contributed by atoms with van der Waals surface area (Å²) in [5.41, 5.74) is 0.424.